The summed E-state index contributed by atoms with van der Waals surface area (Å²) < 4.78 is 38.3. The third-order valence-corrected chi connectivity index (χ3v) is 4.36. The molecule has 0 saturated heterocycles. The lowest BCUT2D eigenvalue weighted by Gasteiger charge is -2.03. The highest BCUT2D eigenvalue weighted by Crippen LogP contribution is 2.37. The lowest BCUT2D eigenvalue weighted by atomic mass is 10.2. The Balaban J connectivity index is 2.42. The van der Waals surface area contributed by atoms with Crippen LogP contribution in [0.2, 0.25) is 0 Å². The van der Waals surface area contributed by atoms with Crippen molar-refractivity contribution in [1.82, 2.24) is 4.98 Å². The van der Waals surface area contributed by atoms with E-state index in [1.54, 1.807) is 23.9 Å². The molecule has 0 amide bonds. The van der Waals surface area contributed by atoms with Gasteiger partial charge in [-0.2, -0.15) is 13.2 Å². The SMILES string of the molecule is CSc1ccc(-c2nc(C(F)(F)F)c(CN)s2)cc1. The molecule has 102 valence electrons. The van der Waals surface area contributed by atoms with Crippen LogP contribution in [0, 0.1) is 0 Å². The van der Waals surface area contributed by atoms with Crippen LogP contribution in [0.25, 0.3) is 10.6 Å². The second-order valence-electron chi connectivity index (χ2n) is 3.72. The van der Waals surface area contributed by atoms with Gasteiger partial charge >= 0.3 is 6.18 Å². The Morgan fingerprint density at radius 3 is 2.32 bits per heavy atom. The number of hydrogen-bond acceptors (Lipinski definition) is 4. The number of hydrogen-bond donors (Lipinski definition) is 1. The van der Waals surface area contributed by atoms with Crippen molar-refractivity contribution in [2.24, 2.45) is 5.73 Å². The normalized spacial score (nSPS) is 11.8. The van der Waals surface area contributed by atoms with Crippen molar-refractivity contribution in [3.8, 4) is 10.6 Å². The van der Waals surface area contributed by atoms with E-state index in [1.165, 1.54) is 0 Å². The number of nitrogens with two attached hydrogens (primary N) is 1. The summed E-state index contributed by atoms with van der Waals surface area (Å²) in [5.41, 5.74) is 5.15. The van der Waals surface area contributed by atoms with Crippen LogP contribution in [0.5, 0.6) is 0 Å². The van der Waals surface area contributed by atoms with Gasteiger partial charge in [-0.05, 0) is 18.4 Å². The molecular formula is C12H11F3N2S2. The molecule has 7 heteroatoms. The number of benzene rings is 1. The van der Waals surface area contributed by atoms with Gasteiger partial charge in [0.25, 0.3) is 0 Å². The van der Waals surface area contributed by atoms with Crippen molar-refractivity contribution >= 4 is 23.1 Å². The Labute approximate surface area is 116 Å². The molecule has 2 N–H and O–H groups in total. The van der Waals surface area contributed by atoms with Gasteiger partial charge in [-0.15, -0.1) is 23.1 Å². The van der Waals surface area contributed by atoms with E-state index in [2.05, 4.69) is 4.98 Å². The van der Waals surface area contributed by atoms with Crippen LogP contribution < -0.4 is 5.73 Å². The molecule has 2 aromatic rings. The zero-order valence-corrected chi connectivity index (χ0v) is 11.6. The molecule has 0 unspecified atom stereocenters. The smallest absolute Gasteiger partial charge is 0.326 e. The molecule has 1 heterocycles. The highest BCUT2D eigenvalue weighted by molar-refractivity contribution is 7.98. The summed E-state index contributed by atoms with van der Waals surface area (Å²) in [7, 11) is 0. The van der Waals surface area contributed by atoms with Crippen LogP contribution >= 0.6 is 23.1 Å². The molecule has 2 nitrogen and oxygen atoms in total. The summed E-state index contributed by atoms with van der Waals surface area (Å²) in [4.78, 5) is 4.80. The Morgan fingerprint density at radius 1 is 1.26 bits per heavy atom. The number of alkyl halides is 3. The Bertz CT molecular complexity index is 561. The number of thiazole rings is 1. The summed E-state index contributed by atoms with van der Waals surface area (Å²) in [6.07, 6.45) is -2.52. The molecular weight excluding hydrogens is 293 g/mol. The van der Waals surface area contributed by atoms with Gasteiger partial charge in [0.2, 0.25) is 0 Å². The first-order chi connectivity index (χ1) is 8.95. The number of halogens is 3. The first-order valence-electron chi connectivity index (χ1n) is 5.37. The molecule has 0 bridgehead atoms. The monoisotopic (exact) mass is 304 g/mol. The lowest BCUT2D eigenvalue weighted by molar-refractivity contribution is -0.141. The Hall–Kier alpha value is -1.05. The minimum Gasteiger partial charge on any atom is -0.326 e. The largest absolute Gasteiger partial charge is 0.434 e. The topological polar surface area (TPSA) is 38.9 Å². The van der Waals surface area contributed by atoms with E-state index in [-0.39, 0.29) is 11.4 Å². The van der Waals surface area contributed by atoms with Crippen molar-refractivity contribution in [1.29, 1.82) is 0 Å². The van der Waals surface area contributed by atoms with Crippen molar-refractivity contribution in [3.63, 3.8) is 0 Å². The molecule has 0 aliphatic rings. The van der Waals surface area contributed by atoms with Crippen molar-refractivity contribution < 1.29 is 13.2 Å². The average molecular weight is 304 g/mol. The van der Waals surface area contributed by atoms with Gasteiger partial charge in [0.1, 0.15) is 5.01 Å². The second-order valence-corrected chi connectivity index (χ2v) is 5.68. The standard InChI is InChI=1S/C12H11F3N2S2/c1-18-8-4-2-7(3-5-8)11-17-10(12(13,14)15)9(6-16)19-11/h2-5H,6,16H2,1H3. The van der Waals surface area contributed by atoms with Crippen molar-refractivity contribution in [2.75, 3.05) is 6.26 Å². The third-order valence-electron chi connectivity index (χ3n) is 2.49. The number of aromatic nitrogens is 1. The predicted octanol–water partition coefficient (Wildman–Crippen LogP) is 4.01. The van der Waals surface area contributed by atoms with Crippen molar-refractivity contribution in [3.05, 3.63) is 34.8 Å². The summed E-state index contributed by atoms with van der Waals surface area (Å²) in [6.45, 7) is -0.157. The maximum Gasteiger partial charge on any atom is 0.434 e. The molecule has 0 saturated carbocycles. The summed E-state index contributed by atoms with van der Waals surface area (Å²) in [5, 5.41) is 0.348. The highest BCUT2D eigenvalue weighted by atomic mass is 32.2. The predicted molar refractivity (Wildman–Crippen MR) is 72.2 cm³/mol. The fraction of sp³-hybridized carbons (Fsp3) is 0.250. The van der Waals surface area contributed by atoms with E-state index < -0.39 is 11.9 Å². The number of nitrogens with zero attached hydrogens (tertiary/aromatic N) is 1. The van der Waals surface area contributed by atoms with Gasteiger partial charge in [-0.1, -0.05) is 12.1 Å². The van der Waals surface area contributed by atoms with Crippen LogP contribution in [-0.4, -0.2) is 11.2 Å². The molecule has 0 spiro atoms. The Kier molecular flexibility index (Phi) is 4.17. The average Bonchev–Trinajstić information content (AvgIpc) is 2.83. The van der Waals surface area contributed by atoms with Gasteiger partial charge in [0, 0.05) is 17.0 Å². The van der Waals surface area contributed by atoms with E-state index in [9.17, 15) is 13.2 Å². The summed E-state index contributed by atoms with van der Waals surface area (Å²) >= 11 is 2.56. The van der Waals surface area contributed by atoms with Crippen LogP contribution in [0.1, 0.15) is 10.6 Å². The summed E-state index contributed by atoms with van der Waals surface area (Å²) in [6, 6.07) is 7.25. The molecule has 2 rings (SSSR count). The fourth-order valence-corrected chi connectivity index (χ4v) is 2.94. The molecule has 0 fully saturated rings. The van der Waals surface area contributed by atoms with E-state index in [0.29, 0.717) is 10.6 Å². The lowest BCUT2D eigenvalue weighted by Crippen LogP contribution is -2.10. The van der Waals surface area contributed by atoms with E-state index in [0.717, 1.165) is 16.2 Å². The fourth-order valence-electron chi connectivity index (χ4n) is 1.57. The summed E-state index contributed by atoms with van der Waals surface area (Å²) in [5.74, 6) is 0. The first kappa shape index (κ1) is 14.4. The van der Waals surface area contributed by atoms with Crippen molar-refractivity contribution in [2.45, 2.75) is 17.6 Å². The van der Waals surface area contributed by atoms with Crippen LogP contribution in [-0.2, 0) is 12.7 Å². The molecule has 0 radical (unpaired) electrons. The van der Waals surface area contributed by atoms with Crippen LogP contribution in [0.4, 0.5) is 13.2 Å². The maximum atomic E-state index is 12.8. The van der Waals surface area contributed by atoms with Gasteiger partial charge in [0.15, 0.2) is 5.69 Å². The highest BCUT2D eigenvalue weighted by Gasteiger charge is 2.37. The zero-order chi connectivity index (χ0) is 14.0. The minimum absolute atomic E-state index is 0.0662. The molecule has 1 aromatic heterocycles. The van der Waals surface area contributed by atoms with E-state index >= 15 is 0 Å². The molecule has 1 aromatic carbocycles. The minimum atomic E-state index is -4.46. The number of thioether (sulfide) groups is 1. The maximum absolute atomic E-state index is 12.8. The Morgan fingerprint density at radius 2 is 1.89 bits per heavy atom. The zero-order valence-electron chi connectivity index (χ0n) is 9.99. The third kappa shape index (κ3) is 3.10. The first-order valence-corrected chi connectivity index (χ1v) is 7.41. The molecule has 19 heavy (non-hydrogen) atoms. The quantitative estimate of drug-likeness (QED) is 0.871. The molecule has 0 aliphatic carbocycles. The number of rotatable bonds is 3. The second kappa shape index (κ2) is 5.52. The molecule has 0 atom stereocenters. The van der Waals surface area contributed by atoms with Crippen LogP contribution in [0.15, 0.2) is 29.2 Å². The van der Waals surface area contributed by atoms with E-state index in [1.807, 2.05) is 18.4 Å². The van der Waals surface area contributed by atoms with Gasteiger partial charge in [-0.25, -0.2) is 4.98 Å². The van der Waals surface area contributed by atoms with Gasteiger partial charge in [-0.3, -0.25) is 0 Å². The van der Waals surface area contributed by atoms with Gasteiger partial charge in [0.05, 0.1) is 4.88 Å². The van der Waals surface area contributed by atoms with Gasteiger partial charge < -0.3 is 5.73 Å². The van der Waals surface area contributed by atoms with E-state index in [4.69, 9.17) is 5.73 Å². The molecule has 0 aliphatic heterocycles. The van der Waals surface area contributed by atoms with Crippen LogP contribution in [0.3, 0.4) is 0 Å².